The summed E-state index contributed by atoms with van der Waals surface area (Å²) >= 11 is 1.56. The fourth-order valence-corrected chi connectivity index (χ4v) is 2.22. The molecule has 1 aromatic carbocycles. The molecule has 82 valence electrons. The maximum atomic E-state index is 5.89. The van der Waals surface area contributed by atoms with Gasteiger partial charge in [-0.2, -0.15) is 0 Å². The zero-order chi connectivity index (χ0) is 11.5. The third-order valence-corrected chi connectivity index (χ3v) is 3.33. The van der Waals surface area contributed by atoms with Gasteiger partial charge in [-0.15, -0.1) is 0 Å². The van der Waals surface area contributed by atoms with Crippen molar-refractivity contribution in [1.29, 1.82) is 0 Å². The minimum Gasteiger partial charge on any atom is -0.398 e. The van der Waals surface area contributed by atoms with Crippen molar-refractivity contribution in [2.45, 2.75) is 23.8 Å². The monoisotopic (exact) mass is 231 g/mol. The van der Waals surface area contributed by atoms with Gasteiger partial charge in [0.25, 0.3) is 0 Å². The lowest BCUT2D eigenvalue weighted by molar-refractivity contribution is 0.946. The van der Waals surface area contributed by atoms with Gasteiger partial charge in [-0.25, -0.2) is 4.98 Å². The Balaban J connectivity index is 2.34. The van der Waals surface area contributed by atoms with Crippen molar-refractivity contribution in [3.63, 3.8) is 0 Å². The molecule has 0 unspecified atom stereocenters. The normalized spacial score (nSPS) is 10.4. The molecule has 0 fully saturated rings. The molecule has 2 N–H and O–H groups in total. The molecule has 0 spiro atoms. The lowest BCUT2D eigenvalue weighted by Gasteiger charge is -2.06. The molecule has 0 amide bonds. The first-order valence-corrected chi connectivity index (χ1v) is 5.81. The van der Waals surface area contributed by atoms with Crippen LogP contribution in [-0.4, -0.2) is 9.97 Å². The average Bonchev–Trinajstić information content (AvgIpc) is 2.27. The van der Waals surface area contributed by atoms with Crippen molar-refractivity contribution in [3.8, 4) is 0 Å². The second kappa shape index (κ2) is 4.53. The summed E-state index contributed by atoms with van der Waals surface area (Å²) in [5, 5.41) is 0.915. The second-order valence-electron chi connectivity index (χ2n) is 3.54. The Bertz CT molecular complexity index is 511. The van der Waals surface area contributed by atoms with E-state index in [1.165, 1.54) is 0 Å². The Morgan fingerprint density at radius 3 is 2.69 bits per heavy atom. The van der Waals surface area contributed by atoms with Crippen molar-refractivity contribution in [2.24, 2.45) is 0 Å². The Hall–Kier alpha value is -1.55. The lowest BCUT2D eigenvalue weighted by atomic mass is 10.3. The number of nitrogens with two attached hydrogens (primary N) is 1. The van der Waals surface area contributed by atoms with Crippen LogP contribution >= 0.6 is 11.8 Å². The van der Waals surface area contributed by atoms with Crippen LogP contribution in [0.2, 0.25) is 0 Å². The van der Waals surface area contributed by atoms with E-state index < -0.39 is 0 Å². The molecular weight excluding hydrogens is 218 g/mol. The summed E-state index contributed by atoms with van der Waals surface area (Å²) in [5.74, 6) is 0. The summed E-state index contributed by atoms with van der Waals surface area (Å²) in [4.78, 5) is 9.75. The van der Waals surface area contributed by atoms with Crippen LogP contribution in [0, 0.1) is 13.8 Å². The van der Waals surface area contributed by atoms with Gasteiger partial charge in [0.2, 0.25) is 0 Å². The fraction of sp³-hybridized carbons (Fsp3) is 0.167. The molecule has 1 aromatic heterocycles. The van der Waals surface area contributed by atoms with Crippen LogP contribution in [0.5, 0.6) is 0 Å². The second-order valence-corrected chi connectivity index (χ2v) is 4.57. The van der Waals surface area contributed by atoms with E-state index in [4.69, 9.17) is 5.73 Å². The molecule has 16 heavy (non-hydrogen) atoms. The maximum absolute atomic E-state index is 5.89. The summed E-state index contributed by atoms with van der Waals surface area (Å²) in [6.45, 7) is 3.89. The number of nitrogen functional groups attached to an aromatic ring is 1. The van der Waals surface area contributed by atoms with E-state index in [9.17, 15) is 0 Å². The largest absolute Gasteiger partial charge is 0.398 e. The molecule has 3 nitrogen and oxygen atoms in total. The van der Waals surface area contributed by atoms with Crippen molar-refractivity contribution >= 4 is 17.4 Å². The number of para-hydroxylation sites is 1. The molecule has 0 aliphatic heterocycles. The number of aromatic nitrogens is 2. The predicted molar refractivity (Wildman–Crippen MR) is 66.5 cm³/mol. The van der Waals surface area contributed by atoms with Crippen LogP contribution in [0.3, 0.4) is 0 Å². The number of aryl methyl sites for hydroxylation is 2. The molecule has 0 radical (unpaired) electrons. The number of benzene rings is 1. The van der Waals surface area contributed by atoms with Crippen LogP contribution in [0.1, 0.15) is 11.4 Å². The first-order chi connectivity index (χ1) is 7.66. The van der Waals surface area contributed by atoms with E-state index >= 15 is 0 Å². The average molecular weight is 231 g/mol. The zero-order valence-corrected chi connectivity index (χ0v) is 10.1. The highest BCUT2D eigenvalue weighted by Crippen LogP contribution is 2.31. The third kappa shape index (κ3) is 2.33. The number of hydrogen-bond acceptors (Lipinski definition) is 4. The minimum absolute atomic E-state index is 0.773. The van der Waals surface area contributed by atoms with Crippen LogP contribution in [0.15, 0.2) is 40.4 Å². The summed E-state index contributed by atoms with van der Waals surface area (Å²) in [6, 6.07) is 7.77. The Labute approximate surface area is 99.1 Å². The first kappa shape index (κ1) is 11.0. The molecular formula is C12H13N3S. The van der Waals surface area contributed by atoms with E-state index in [1.54, 1.807) is 18.0 Å². The lowest BCUT2D eigenvalue weighted by Crippen LogP contribution is -1.94. The van der Waals surface area contributed by atoms with Gasteiger partial charge < -0.3 is 5.73 Å². The van der Waals surface area contributed by atoms with E-state index in [0.29, 0.717) is 0 Å². The van der Waals surface area contributed by atoms with Gasteiger partial charge in [0.1, 0.15) is 5.03 Å². The van der Waals surface area contributed by atoms with Gasteiger partial charge in [0, 0.05) is 16.8 Å². The van der Waals surface area contributed by atoms with Crippen LogP contribution in [0.25, 0.3) is 0 Å². The van der Waals surface area contributed by atoms with Gasteiger partial charge in [-0.05, 0) is 26.0 Å². The van der Waals surface area contributed by atoms with Gasteiger partial charge in [-0.3, -0.25) is 4.98 Å². The number of nitrogens with zero attached hydrogens (tertiary/aromatic N) is 2. The summed E-state index contributed by atoms with van der Waals surface area (Å²) < 4.78 is 0. The molecule has 0 bridgehead atoms. The Morgan fingerprint density at radius 1 is 1.19 bits per heavy atom. The smallest absolute Gasteiger partial charge is 0.122 e. The van der Waals surface area contributed by atoms with Gasteiger partial charge >= 0.3 is 0 Å². The van der Waals surface area contributed by atoms with Crippen LogP contribution in [0.4, 0.5) is 5.69 Å². The minimum atomic E-state index is 0.773. The van der Waals surface area contributed by atoms with Crippen molar-refractivity contribution in [1.82, 2.24) is 9.97 Å². The summed E-state index contributed by atoms with van der Waals surface area (Å²) in [6.07, 6.45) is 1.77. The Morgan fingerprint density at radius 2 is 1.94 bits per heavy atom. The molecule has 0 aliphatic rings. The molecule has 0 aliphatic carbocycles. The van der Waals surface area contributed by atoms with Crippen molar-refractivity contribution < 1.29 is 0 Å². The highest BCUT2D eigenvalue weighted by Gasteiger charge is 2.06. The standard InChI is InChI=1S/C12H13N3S/c1-8-7-14-9(2)12(15-8)16-11-6-4-3-5-10(11)13/h3-7H,13H2,1-2H3. The van der Waals surface area contributed by atoms with E-state index in [-0.39, 0.29) is 0 Å². The highest BCUT2D eigenvalue weighted by molar-refractivity contribution is 7.99. The van der Waals surface area contributed by atoms with Crippen molar-refractivity contribution in [2.75, 3.05) is 5.73 Å². The maximum Gasteiger partial charge on any atom is 0.122 e. The zero-order valence-electron chi connectivity index (χ0n) is 9.27. The molecule has 4 heteroatoms. The van der Waals surface area contributed by atoms with E-state index in [1.807, 2.05) is 38.1 Å². The predicted octanol–water partition coefficient (Wildman–Crippen LogP) is 2.83. The van der Waals surface area contributed by atoms with Crippen molar-refractivity contribution in [3.05, 3.63) is 41.9 Å². The molecule has 0 saturated heterocycles. The van der Waals surface area contributed by atoms with Gasteiger partial charge in [0.05, 0.1) is 11.4 Å². The number of rotatable bonds is 2. The SMILES string of the molecule is Cc1cnc(C)c(Sc2ccccc2N)n1. The molecule has 0 saturated carbocycles. The third-order valence-electron chi connectivity index (χ3n) is 2.16. The summed E-state index contributed by atoms with van der Waals surface area (Å²) in [5.41, 5.74) is 8.51. The molecule has 1 heterocycles. The summed E-state index contributed by atoms with van der Waals surface area (Å²) in [7, 11) is 0. The molecule has 2 aromatic rings. The molecule has 2 rings (SSSR count). The van der Waals surface area contributed by atoms with Gasteiger partial charge in [0.15, 0.2) is 0 Å². The van der Waals surface area contributed by atoms with Crippen LogP contribution in [-0.2, 0) is 0 Å². The van der Waals surface area contributed by atoms with E-state index in [0.717, 1.165) is 27.0 Å². The number of hydrogen-bond donors (Lipinski definition) is 1. The topological polar surface area (TPSA) is 51.8 Å². The Kier molecular flexibility index (Phi) is 3.10. The van der Waals surface area contributed by atoms with Crippen LogP contribution < -0.4 is 5.73 Å². The fourth-order valence-electron chi connectivity index (χ4n) is 1.29. The first-order valence-electron chi connectivity index (χ1n) is 4.99. The quantitative estimate of drug-likeness (QED) is 0.807. The molecule has 0 atom stereocenters. The number of anilines is 1. The van der Waals surface area contributed by atoms with E-state index in [2.05, 4.69) is 9.97 Å². The van der Waals surface area contributed by atoms with Gasteiger partial charge in [-0.1, -0.05) is 23.9 Å². The highest BCUT2D eigenvalue weighted by atomic mass is 32.2.